The van der Waals surface area contributed by atoms with Gasteiger partial charge in [0, 0.05) is 6.20 Å². The van der Waals surface area contributed by atoms with Crippen molar-refractivity contribution < 1.29 is 4.79 Å². The van der Waals surface area contributed by atoms with Crippen molar-refractivity contribution >= 4 is 17.2 Å². The summed E-state index contributed by atoms with van der Waals surface area (Å²) in [5.74, 6) is 5.55. The number of amides is 1. The molecule has 0 spiro atoms. The second-order valence-electron chi connectivity index (χ2n) is 3.67. The Morgan fingerprint density at radius 3 is 3.00 bits per heavy atom. The minimum Gasteiger partial charge on any atom is -0.346 e. The van der Waals surface area contributed by atoms with Crippen molar-refractivity contribution in [2.24, 2.45) is 5.73 Å². The summed E-state index contributed by atoms with van der Waals surface area (Å²) in [6.07, 6.45) is 1.70. The summed E-state index contributed by atoms with van der Waals surface area (Å²) in [6.45, 7) is 0.737. The van der Waals surface area contributed by atoms with Gasteiger partial charge >= 0.3 is 0 Å². The molecule has 19 heavy (non-hydrogen) atoms. The number of rotatable bonds is 3. The van der Waals surface area contributed by atoms with Gasteiger partial charge in [0.15, 0.2) is 0 Å². The number of carbonyl (C=O) groups is 1. The average Bonchev–Trinajstić information content (AvgIpc) is 2.92. The first kappa shape index (κ1) is 13.3. The SMILES string of the molecule is NCC#Cc1ccc(C(=O)NCc2ccccn2)s1. The van der Waals surface area contributed by atoms with Crippen molar-refractivity contribution in [1.82, 2.24) is 10.3 Å². The molecule has 0 bridgehead atoms. The Morgan fingerprint density at radius 2 is 2.26 bits per heavy atom. The molecule has 3 N–H and O–H groups in total. The average molecular weight is 271 g/mol. The van der Waals surface area contributed by atoms with Crippen molar-refractivity contribution in [3.05, 3.63) is 52.0 Å². The molecule has 0 fully saturated rings. The fourth-order valence-corrected chi connectivity index (χ4v) is 2.22. The number of aromatic nitrogens is 1. The van der Waals surface area contributed by atoms with E-state index in [0.717, 1.165) is 10.6 Å². The summed E-state index contributed by atoms with van der Waals surface area (Å²) >= 11 is 1.35. The smallest absolute Gasteiger partial charge is 0.261 e. The maximum atomic E-state index is 11.9. The van der Waals surface area contributed by atoms with Gasteiger partial charge in [-0.05, 0) is 24.3 Å². The molecule has 2 aromatic heterocycles. The van der Waals surface area contributed by atoms with E-state index in [9.17, 15) is 4.79 Å². The van der Waals surface area contributed by atoms with Gasteiger partial charge < -0.3 is 11.1 Å². The van der Waals surface area contributed by atoms with E-state index in [4.69, 9.17) is 5.73 Å². The summed E-state index contributed by atoms with van der Waals surface area (Å²) in [4.78, 5) is 17.5. The first-order chi connectivity index (χ1) is 9.29. The topological polar surface area (TPSA) is 68.0 Å². The van der Waals surface area contributed by atoms with Crippen LogP contribution in [0.15, 0.2) is 36.5 Å². The van der Waals surface area contributed by atoms with Gasteiger partial charge in [-0.2, -0.15) is 0 Å². The normalized spacial score (nSPS) is 9.53. The standard InChI is InChI=1S/C14H13N3OS/c15-8-3-5-12-6-7-13(19-12)14(18)17-10-11-4-1-2-9-16-11/h1-2,4,6-7,9H,8,10,15H2,(H,17,18). The van der Waals surface area contributed by atoms with E-state index in [2.05, 4.69) is 22.1 Å². The maximum absolute atomic E-state index is 11.9. The highest BCUT2D eigenvalue weighted by Crippen LogP contribution is 2.15. The van der Waals surface area contributed by atoms with Gasteiger partial charge in [-0.25, -0.2) is 0 Å². The molecule has 0 saturated carbocycles. The third-order valence-electron chi connectivity index (χ3n) is 2.30. The van der Waals surface area contributed by atoms with Crippen LogP contribution < -0.4 is 11.1 Å². The molecule has 96 valence electrons. The quantitative estimate of drug-likeness (QED) is 0.829. The minimum atomic E-state index is -0.114. The second-order valence-corrected chi connectivity index (χ2v) is 4.76. The summed E-state index contributed by atoms with van der Waals surface area (Å²) in [5.41, 5.74) is 6.13. The Bertz CT molecular complexity index is 610. The van der Waals surface area contributed by atoms with Crippen LogP contribution in [0.2, 0.25) is 0 Å². The number of hydrogen-bond donors (Lipinski definition) is 2. The lowest BCUT2D eigenvalue weighted by atomic mass is 10.3. The molecule has 2 aromatic rings. The first-order valence-corrected chi connectivity index (χ1v) is 6.58. The van der Waals surface area contributed by atoms with Gasteiger partial charge in [0.2, 0.25) is 0 Å². The van der Waals surface area contributed by atoms with E-state index < -0.39 is 0 Å². The lowest BCUT2D eigenvalue weighted by molar-refractivity contribution is 0.0954. The zero-order chi connectivity index (χ0) is 13.5. The molecule has 0 aliphatic rings. The van der Waals surface area contributed by atoms with Crippen molar-refractivity contribution in [3.63, 3.8) is 0 Å². The number of nitrogens with zero attached hydrogens (tertiary/aromatic N) is 1. The second kappa shape index (κ2) is 6.69. The number of hydrogen-bond acceptors (Lipinski definition) is 4. The zero-order valence-electron chi connectivity index (χ0n) is 10.2. The first-order valence-electron chi connectivity index (χ1n) is 5.76. The molecule has 2 heterocycles. The zero-order valence-corrected chi connectivity index (χ0v) is 11.0. The number of carbonyl (C=O) groups excluding carboxylic acids is 1. The Kier molecular flexibility index (Phi) is 4.67. The van der Waals surface area contributed by atoms with Gasteiger partial charge in [0.25, 0.3) is 5.91 Å². The molecule has 0 aromatic carbocycles. The van der Waals surface area contributed by atoms with Crippen LogP contribution in [0.4, 0.5) is 0 Å². The van der Waals surface area contributed by atoms with Crippen LogP contribution in [0.5, 0.6) is 0 Å². The third-order valence-corrected chi connectivity index (χ3v) is 3.30. The van der Waals surface area contributed by atoms with E-state index >= 15 is 0 Å². The summed E-state index contributed by atoms with van der Waals surface area (Å²) in [6, 6.07) is 9.18. The number of thiophene rings is 1. The van der Waals surface area contributed by atoms with Crippen molar-refractivity contribution in [3.8, 4) is 11.8 Å². The third kappa shape index (κ3) is 3.91. The van der Waals surface area contributed by atoms with Gasteiger partial charge in [-0.3, -0.25) is 9.78 Å². The Morgan fingerprint density at radius 1 is 1.37 bits per heavy atom. The number of pyridine rings is 1. The van der Waals surface area contributed by atoms with Gasteiger partial charge in [-0.15, -0.1) is 11.3 Å². The van der Waals surface area contributed by atoms with E-state index in [-0.39, 0.29) is 5.91 Å². The molecule has 0 radical (unpaired) electrons. The molecule has 5 heteroatoms. The molecule has 0 unspecified atom stereocenters. The molecule has 0 aliphatic carbocycles. The molecule has 0 saturated heterocycles. The largest absolute Gasteiger partial charge is 0.346 e. The number of nitrogens with one attached hydrogen (secondary N) is 1. The molecule has 0 aliphatic heterocycles. The molecule has 2 rings (SSSR count). The molecule has 1 amide bonds. The highest BCUT2D eigenvalue weighted by atomic mass is 32.1. The van der Waals surface area contributed by atoms with E-state index in [0.29, 0.717) is 18.0 Å². The molecular weight excluding hydrogens is 258 g/mol. The van der Waals surface area contributed by atoms with Crippen LogP contribution in [0, 0.1) is 11.8 Å². The van der Waals surface area contributed by atoms with Crippen LogP contribution in [-0.2, 0) is 6.54 Å². The Balaban J connectivity index is 1.95. The summed E-state index contributed by atoms with van der Waals surface area (Å²) in [7, 11) is 0. The molecule has 4 nitrogen and oxygen atoms in total. The fourth-order valence-electron chi connectivity index (χ4n) is 1.43. The fraction of sp³-hybridized carbons (Fsp3) is 0.143. The molecular formula is C14H13N3OS. The van der Waals surface area contributed by atoms with E-state index in [1.807, 2.05) is 24.3 Å². The monoisotopic (exact) mass is 271 g/mol. The van der Waals surface area contributed by atoms with Crippen LogP contribution in [-0.4, -0.2) is 17.4 Å². The highest BCUT2D eigenvalue weighted by Gasteiger charge is 2.08. The van der Waals surface area contributed by atoms with Crippen molar-refractivity contribution in [2.75, 3.05) is 6.54 Å². The van der Waals surface area contributed by atoms with Crippen LogP contribution in [0.1, 0.15) is 20.2 Å². The van der Waals surface area contributed by atoms with Crippen LogP contribution >= 0.6 is 11.3 Å². The maximum Gasteiger partial charge on any atom is 0.261 e. The predicted octanol–water partition coefficient (Wildman–Crippen LogP) is 1.38. The van der Waals surface area contributed by atoms with Crippen molar-refractivity contribution in [1.29, 1.82) is 0 Å². The van der Waals surface area contributed by atoms with Crippen molar-refractivity contribution in [2.45, 2.75) is 6.54 Å². The Labute approximate surface area is 115 Å². The van der Waals surface area contributed by atoms with Gasteiger partial charge in [-0.1, -0.05) is 17.9 Å². The predicted molar refractivity (Wildman–Crippen MR) is 75.7 cm³/mol. The lowest BCUT2D eigenvalue weighted by Gasteiger charge is -2.02. The molecule has 0 atom stereocenters. The Hall–Kier alpha value is -2.16. The van der Waals surface area contributed by atoms with Gasteiger partial charge in [0.1, 0.15) is 0 Å². The van der Waals surface area contributed by atoms with E-state index in [1.165, 1.54) is 11.3 Å². The summed E-state index contributed by atoms with van der Waals surface area (Å²) in [5, 5.41) is 2.82. The minimum absolute atomic E-state index is 0.114. The van der Waals surface area contributed by atoms with E-state index in [1.54, 1.807) is 12.3 Å². The van der Waals surface area contributed by atoms with Crippen LogP contribution in [0.3, 0.4) is 0 Å². The highest BCUT2D eigenvalue weighted by molar-refractivity contribution is 7.14. The van der Waals surface area contributed by atoms with Gasteiger partial charge in [0.05, 0.1) is 28.5 Å². The van der Waals surface area contributed by atoms with Crippen LogP contribution in [0.25, 0.3) is 0 Å². The summed E-state index contributed by atoms with van der Waals surface area (Å²) < 4.78 is 0. The number of nitrogens with two attached hydrogens (primary N) is 1. The lowest BCUT2D eigenvalue weighted by Crippen LogP contribution is -2.22.